The van der Waals surface area contributed by atoms with Crippen molar-refractivity contribution in [1.29, 1.82) is 0 Å². The van der Waals surface area contributed by atoms with E-state index in [2.05, 4.69) is 38.6 Å². The van der Waals surface area contributed by atoms with Gasteiger partial charge in [0.15, 0.2) is 0 Å². The zero-order valence-electron chi connectivity index (χ0n) is 22.7. The number of amidine groups is 1. The van der Waals surface area contributed by atoms with E-state index in [-0.39, 0.29) is 28.6 Å². The van der Waals surface area contributed by atoms with E-state index in [0.29, 0.717) is 61.9 Å². The van der Waals surface area contributed by atoms with Crippen molar-refractivity contribution in [3.63, 3.8) is 0 Å². The normalized spacial score (nSPS) is 20.3. The van der Waals surface area contributed by atoms with Crippen molar-refractivity contribution >= 4 is 23.3 Å². The Labute approximate surface area is 234 Å². The molecule has 39 heavy (non-hydrogen) atoms. The molecule has 1 amide bonds. The highest BCUT2D eigenvalue weighted by molar-refractivity contribution is 6.34. The standard InChI is InChI=1S/C29H34ClFN6O2/c1-5-25-22(8-6-20-7-9-26(32)35-19(20)3)28(34-17-33-25)21-14-23(30)27(24(31)15-21)29(38)37-12-10-36(11-13-37)18(2)16-39-4/h7,9,14-15,17-20H,5,10-13,16H2,1-4H3,(H2,32,35). The number of rotatable bonds is 6. The van der Waals surface area contributed by atoms with Crippen LogP contribution in [-0.4, -0.2) is 83.5 Å². The molecule has 2 N–H and O–H groups in total. The highest BCUT2D eigenvalue weighted by Gasteiger charge is 2.28. The van der Waals surface area contributed by atoms with E-state index in [1.54, 1.807) is 24.2 Å². The van der Waals surface area contributed by atoms with Crippen LogP contribution in [0.15, 0.2) is 35.6 Å². The molecule has 3 heterocycles. The Morgan fingerprint density at radius 1 is 1.28 bits per heavy atom. The second-order valence-electron chi connectivity index (χ2n) is 9.79. The van der Waals surface area contributed by atoms with E-state index >= 15 is 4.39 Å². The number of piperazine rings is 1. The summed E-state index contributed by atoms with van der Waals surface area (Å²) in [6.45, 7) is 8.96. The SMILES string of the molecule is CCc1ncnc(-c2cc(F)c(C(=O)N3CCN(C(C)COC)CC3)c(Cl)c2)c1C#CC1C=CC(N)=NC1C. The maximum atomic E-state index is 15.5. The number of halogens is 2. The van der Waals surface area contributed by atoms with Crippen LogP contribution in [0.3, 0.4) is 0 Å². The molecule has 2 aliphatic heterocycles. The number of dihydropyridines is 1. The molecule has 4 rings (SSSR count). The summed E-state index contributed by atoms with van der Waals surface area (Å²) in [5, 5.41) is 0.0365. The van der Waals surface area contributed by atoms with Crippen molar-refractivity contribution in [3.8, 4) is 23.1 Å². The van der Waals surface area contributed by atoms with Gasteiger partial charge in [0.1, 0.15) is 18.0 Å². The van der Waals surface area contributed by atoms with Crippen LogP contribution in [0.1, 0.15) is 42.4 Å². The molecule has 0 bridgehead atoms. The molecule has 1 saturated heterocycles. The molecule has 3 atom stereocenters. The second kappa shape index (κ2) is 12.7. The summed E-state index contributed by atoms with van der Waals surface area (Å²) >= 11 is 6.55. The highest BCUT2D eigenvalue weighted by atomic mass is 35.5. The molecule has 8 nitrogen and oxygen atoms in total. The lowest BCUT2D eigenvalue weighted by Crippen LogP contribution is -2.52. The number of ether oxygens (including phenoxy) is 1. The molecule has 0 aliphatic carbocycles. The van der Waals surface area contributed by atoms with Gasteiger partial charge in [0.05, 0.1) is 46.1 Å². The van der Waals surface area contributed by atoms with Gasteiger partial charge in [0.25, 0.3) is 5.91 Å². The van der Waals surface area contributed by atoms with Crippen molar-refractivity contribution in [1.82, 2.24) is 19.8 Å². The molecule has 2 aromatic rings. The average molecular weight is 553 g/mol. The maximum absolute atomic E-state index is 15.5. The molecular formula is C29H34ClFN6O2. The summed E-state index contributed by atoms with van der Waals surface area (Å²) < 4.78 is 20.7. The zero-order chi connectivity index (χ0) is 28.1. The minimum atomic E-state index is -0.693. The van der Waals surface area contributed by atoms with Crippen LogP contribution < -0.4 is 5.73 Å². The Morgan fingerprint density at radius 2 is 2.03 bits per heavy atom. The predicted octanol–water partition coefficient (Wildman–Crippen LogP) is 3.57. The van der Waals surface area contributed by atoms with Crippen LogP contribution in [0.2, 0.25) is 5.02 Å². The zero-order valence-corrected chi connectivity index (χ0v) is 23.5. The monoisotopic (exact) mass is 552 g/mol. The smallest absolute Gasteiger partial charge is 0.258 e. The summed E-state index contributed by atoms with van der Waals surface area (Å²) in [5.41, 5.74) is 7.89. The van der Waals surface area contributed by atoms with E-state index in [0.717, 1.165) is 5.69 Å². The largest absolute Gasteiger partial charge is 0.384 e. The molecule has 10 heteroatoms. The van der Waals surface area contributed by atoms with Crippen LogP contribution in [0, 0.1) is 23.6 Å². The third-order valence-electron chi connectivity index (χ3n) is 7.13. The molecule has 2 aliphatic rings. The Hall–Kier alpha value is -3.32. The first-order chi connectivity index (χ1) is 18.7. The number of carbonyl (C=O) groups excluding carboxylic acids is 1. The van der Waals surface area contributed by atoms with Crippen LogP contribution >= 0.6 is 11.6 Å². The van der Waals surface area contributed by atoms with Gasteiger partial charge in [0.2, 0.25) is 0 Å². The van der Waals surface area contributed by atoms with Gasteiger partial charge in [-0.25, -0.2) is 14.4 Å². The number of aryl methyl sites for hydroxylation is 1. The minimum absolute atomic E-state index is 0.0365. The van der Waals surface area contributed by atoms with Crippen LogP contribution in [0.4, 0.5) is 4.39 Å². The summed E-state index contributed by atoms with van der Waals surface area (Å²) in [6.07, 6.45) is 5.71. The van der Waals surface area contributed by atoms with Crippen molar-refractivity contribution in [2.75, 3.05) is 39.9 Å². The molecule has 1 aromatic heterocycles. The Bertz CT molecular complexity index is 1320. The molecule has 1 fully saturated rings. The van der Waals surface area contributed by atoms with Gasteiger partial charge in [-0.05, 0) is 38.5 Å². The minimum Gasteiger partial charge on any atom is -0.384 e. The molecular weight excluding hydrogens is 519 g/mol. The fourth-order valence-corrected chi connectivity index (χ4v) is 5.16. The number of hydrogen-bond donors (Lipinski definition) is 1. The number of aliphatic imine (C=N–C) groups is 1. The van der Waals surface area contributed by atoms with Gasteiger partial charge in [-0.15, -0.1) is 0 Å². The molecule has 0 radical (unpaired) electrons. The lowest BCUT2D eigenvalue weighted by molar-refractivity contribution is 0.0446. The summed E-state index contributed by atoms with van der Waals surface area (Å²) in [7, 11) is 1.67. The van der Waals surface area contributed by atoms with Gasteiger partial charge >= 0.3 is 0 Å². The van der Waals surface area contributed by atoms with Crippen molar-refractivity contribution in [2.45, 2.75) is 39.3 Å². The lowest BCUT2D eigenvalue weighted by Gasteiger charge is -2.38. The van der Waals surface area contributed by atoms with Crippen LogP contribution in [0.5, 0.6) is 0 Å². The summed E-state index contributed by atoms with van der Waals surface area (Å²) in [6, 6.07) is 3.03. The van der Waals surface area contributed by atoms with Crippen molar-refractivity contribution < 1.29 is 13.9 Å². The fraction of sp³-hybridized carbons (Fsp3) is 0.448. The third kappa shape index (κ3) is 6.47. The number of methoxy groups -OCH3 is 1. The van der Waals surface area contributed by atoms with Crippen LogP contribution in [0.25, 0.3) is 11.3 Å². The molecule has 3 unspecified atom stereocenters. The third-order valence-corrected chi connectivity index (χ3v) is 7.43. The lowest BCUT2D eigenvalue weighted by atomic mass is 9.97. The fourth-order valence-electron chi connectivity index (χ4n) is 4.87. The van der Waals surface area contributed by atoms with Crippen LogP contribution in [-0.2, 0) is 11.2 Å². The summed E-state index contributed by atoms with van der Waals surface area (Å²) in [4.78, 5) is 30.3. The van der Waals surface area contributed by atoms with E-state index in [1.165, 1.54) is 12.4 Å². The van der Waals surface area contributed by atoms with Gasteiger partial charge < -0.3 is 15.4 Å². The average Bonchev–Trinajstić information content (AvgIpc) is 2.92. The Kier molecular flexibility index (Phi) is 9.33. The van der Waals surface area contributed by atoms with Crippen molar-refractivity contribution in [2.24, 2.45) is 16.6 Å². The first-order valence-electron chi connectivity index (χ1n) is 13.1. The Morgan fingerprint density at radius 3 is 2.67 bits per heavy atom. The number of nitrogens with two attached hydrogens (primary N) is 1. The van der Waals surface area contributed by atoms with E-state index in [4.69, 9.17) is 22.1 Å². The topological polar surface area (TPSA) is 96.9 Å². The number of hydrogen-bond acceptors (Lipinski definition) is 7. The number of carbonyl (C=O) groups is 1. The number of aromatic nitrogens is 2. The quantitative estimate of drug-likeness (QED) is 0.550. The van der Waals surface area contributed by atoms with E-state index in [1.807, 2.05) is 19.9 Å². The van der Waals surface area contributed by atoms with E-state index < -0.39 is 11.7 Å². The Balaban J connectivity index is 1.61. The second-order valence-corrected chi connectivity index (χ2v) is 10.2. The van der Waals surface area contributed by atoms with E-state index in [9.17, 15) is 4.79 Å². The molecule has 1 aromatic carbocycles. The highest BCUT2D eigenvalue weighted by Crippen LogP contribution is 2.31. The van der Waals surface area contributed by atoms with Gasteiger partial charge in [-0.2, -0.15) is 0 Å². The number of amides is 1. The number of nitrogens with zero attached hydrogens (tertiary/aromatic N) is 5. The number of benzene rings is 1. The van der Waals surface area contributed by atoms with Gasteiger partial charge in [0, 0.05) is 44.9 Å². The predicted molar refractivity (Wildman–Crippen MR) is 151 cm³/mol. The van der Waals surface area contributed by atoms with Gasteiger partial charge in [-0.1, -0.05) is 36.4 Å². The maximum Gasteiger partial charge on any atom is 0.258 e. The summed E-state index contributed by atoms with van der Waals surface area (Å²) in [5.74, 6) is 5.67. The molecule has 0 saturated carbocycles. The molecule has 206 valence electrons. The van der Waals surface area contributed by atoms with Gasteiger partial charge in [-0.3, -0.25) is 14.7 Å². The van der Waals surface area contributed by atoms with Crippen molar-refractivity contribution in [3.05, 3.63) is 58.3 Å². The molecule has 0 spiro atoms. The first-order valence-corrected chi connectivity index (χ1v) is 13.5. The first kappa shape index (κ1) is 28.7.